The molecular formula is C8H5ClN2O. The third kappa shape index (κ3) is 1.80. The Bertz CT molecular complexity index is 343. The molecule has 4 heteroatoms. The van der Waals surface area contributed by atoms with E-state index in [-0.39, 0.29) is 6.54 Å². The average molecular weight is 181 g/mol. The molecule has 12 heavy (non-hydrogen) atoms. The van der Waals surface area contributed by atoms with Gasteiger partial charge in [0.2, 0.25) is 0 Å². The standard InChI is InChI=1S/C8H5ClN2O/c9-8-2-1-6(4-10)3-7(8)5-11-12/h1-3H,5H2. The number of benzene rings is 1. The zero-order valence-electron chi connectivity index (χ0n) is 6.12. The van der Waals surface area contributed by atoms with Crippen LogP contribution >= 0.6 is 11.6 Å². The van der Waals surface area contributed by atoms with Crippen molar-refractivity contribution in [2.45, 2.75) is 6.54 Å². The molecule has 0 aliphatic rings. The molecular weight excluding hydrogens is 176 g/mol. The van der Waals surface area contributed by atoms with Crippen molar-refractivity contribution in [2.24, 2.45) is 5.18 Å². The molecule has 0 spiro atoms. The first kappa shape index (κ1) is 8.69. The molecule has 0 radical (unpaired) electrons. The fourth-order valence-corrected chi connectivity index (χ4v) is 1.01. The van der Waals surface area contributed by atoms with E-state index < -0.39 is 0 Å². The number of hydrogen-bond acceptors (Lipinski definition) is 3. The number of hydrogen-bond donors (Lipinski definition) is 0. The second-order valence-corrected chi connectivity index (χ2v) is 2.61. The summed E-state index contributed by atoms with van der Waals surface area (Å²) < 4.78 is 0. The lowest BCUT2D eigenvalue weighted by molar-refractivity contribution is 1.05. The van der Waals surface area contributed by atoms with Gasteiger partial charge in [0.05, 0.1) is 11.6 Å². The van der Waals surface area contributed by atoms with Gasteiger partial charge in [0.25, 0.3) is 0 Å². The largest absolute Gasteiger partial charge is 0.192 e. The van der Waals surface area contributed by atoms with Gasteiger partial charge in [-0.2, -0.15) is 10.2 Å². The zero-order chi connectivity index (χ0) is 8.97. The van der Waals surface area contributed by atoms with Crippen LogP contribution in [0.2, 0.25) is 5.02 Å². The molecule has 0 aromatic heterocycles. The first-order valence-corrected chi connectivity index (χ1v) is 3.63. The van der Waals surface area contributed by atoms with Crippen molar-refractivity contribution >= 4 is 11.6 Å². The maximum Gasteiger partial charge on any atom is 0.108 e. The van der Waals surface area contributed by atoms with Gasteiger partial charge in [-0.3, -0.25) is 0 Å². The minimum Gasteiger partial charge on any atom is -0.192 e. The van der Waals surface area contributed by atoms with Gasteiger partial charge < -0.3 is 0 Å². The van der Waals surface area contributed by atoms with Crippen molar-refractivity contribution < 1.29 is 0 Å². The van der Waals surface area contributed by atoms with Gasteiger partial charge in [-0.15, -0.1) is 0 Å². The highest BCUT2D eigenvalue weighted by atomic mass is 35.5. The molecule has 0 saturated heterocycles. The SMILES string of the molecule is N#Cc1ccc(Cl)c(CN=O)c1. The minimum atomic E-state index is 0.00829. The smallest absolute Gasteiger partial charge is 0.108 e. The molecule has 0 saturated carbocycles. The average Bonchev–Trinajstić information content (AvgIpc) is 2.09. The summed E-state index contributed by atoms with van der Waals surface area (Å²) in [5, 5.41) is 11.7. The van der Waals surface area contributed by atoms with Crippen molar-refractivity contribution in [3.63, 3.8) is 0 Å². The van der Waals surface area contributed by atoms with Gasteiger partial charge in [-0.05, 0) is 23.8 Å². The van der Waals surface area contributed by atoms with Gasteiger partial charge in [-0.25, -0.2) is 0 Å². The van der Waals surface area contributed by atoms with Gasteiger partial charge >= 0.3 is 0 Å². The Labute approximate surface area is 74.6 Å². The summed E-state index contributed by atoms with van der Waals surface area (Å²) in [6.45, 7) is 0.00829. The van der Waals surface area contributed by atoms with Crippen LogP contribution in [0.3, 0.4) is 0 Å². The van der Waals surface area contributed by atoms with E-state index in [1.807, 2.05) is 6.07 Å². The van der Waals surface area contributed by atoms with Gasteiger partial charge in [-0.1, -0.05) is 16.8 Å². The van der Waals surface area contributed by atoms with Crippen molar-refractivity contribution in [3.05, 3.63) is 39.3 Å². The first-order valence-electron chi connectivity index (χ1n) is 3.25. The summed E-state index contributed by atoms with van der Waals surface area (Å²) in [4.78, 5) is 9.93. The van der Waals surface area contributed by atoms with E-state index in [2.05, 4.69) is 5.18 Å². The maximum atomic E-state index is 9.93. The normalized spacial score (nSPS) is 9.00. The molecule has 0 heterocycles. The van der Waals surface area contributed by atoms with Crippen LogP contribution in [0.15, 0.2) is 23.4 Å². The Hall–Kier alpha value is -1.40. The maximum absolute atomic E-state index is 9.93. The molecule has 1 aromatic rings. The molecule has 0 amide bonds. The quantitative estimate of drug-likeness (QED) is 0.657. The number of nitriles is 1. The molecule has 0 N–H and O–H groups in total. The highest BCUT2D eigenvalue weighted by Gasteiger charge is 2.00. The van der Waals surface area contributed by atoms with Crippen LogP contribution in [0.4, 0.5) is 0 Å². The van der Waals surface area contributed by atoms with Gasteiger partial charge in [0, 0.05) is 5.02 Å². The molecule has 0 unspecified atom stereocenters. The molecule has 0 aliphatic carbocycles. The van der Waals surface area contributed by atoms with E-state index in [9.17, 15) is 4.91 Å². The van der Waals surface area contributed by atoms with E-state index in [0.29, 0.717) is 16.1 Å². The first-order chi connectivity index (χ1) is 5.77. The molecule has 0 aliphatic heterocycles. The minimum absolute atomic E-state index is 0.00829. The molecule has 0 bridgehead atoms. The second kappa shape index (κ2) is 3.84. The molecule has 1 rings (SSSR count). The summed E-state index contributed by atoms with van der Waals surface area (Å²) in [5.41, 5.74) is 1.07. The van der Waals surface area contributed by atoms with Crippen LogP contribution in [0.5, 0.6) is 0 Å². The Morgan fingerprint density at radius 2 is 2.33 bits per heavy atom. The second-order valence-electron chi connectivity index (χ2n) is 2.21. The molecule has 60 valence electrons. The summed E-state index contributed by atoms with van der Waals surface area (Å²) in [6.07, 6.45) is 0. The molecule has 1 aromatic carbocycles. The third-order valence-corrected chi connectivity index (χ3v) is 1.78. The third-order valence-electron chi connectivity index (χ3n) is 1.41. The summed E-state index contributed by atoms with van der Waals surface area (Å²) in [5.74, 6) is 0. The van der Waals surface area contributed by atoms with Gasteiger partial charge in [0.1, 0.15) is 6.54 Å². The lowest BCUT2D eigenvalue weighted by atomic mass is 10.1. The highest BCUT2D eigenvalue weighted by molar-refractivity contribution is 6.31. The van der Waals surface area contributed by atoms with E-state index in [0.717, 1.165) is 0 Å². The van der Waals surface area contributed by atoms with Crippen molar-refractivity contribution in [2.75, 3.05) is 0 Å². The van der Waals surface area contributed by atoms with E-state index in [1.165, 1.54) is 0 Å². The Morgan fingerprint density at radius 3 is 2.92 bits per heavy atom. The lowest BCUT2D eigenvalue weighted by Crippen LogP contribution is -1.84. The number of nitrogens with zero attached hydrogens (tertiary/aromatic N) is 2. The van der Waals surface area contributed by atoms with Crippen molar-refractivity contribution in [1.82, 2.24) is 0 Å². The van der Waals surface area contributed by atoms with Gasteiger partial charge in [0.15, 0.2) is 0 Å². The number of halogens is 1. The topological polar surface area (TPSA) is 53.2 Å². The lowest BCUT2D eigenvalue weighted by Gasteiger charge is -1.97. The summed E-state index contributed by atoms with van der Waals surface area (Å²) in [7, 11) is 0. The Kier molecular flexibility index (Phi) is 2.78. The Balaban J connectivity index is 3.09. The summed E-state index contributed by atoms with van der Waals surface area (Å²) >= 11 is 5.72. The van der Waals surface area contributed by atoms with Crippen LogP contribution in [-0.2, 0) is 6.54 Å². The molecule has 3 nitrogen and oxygen atoms in total. The fraction of sp³-hybridized carbons (Fsp3) is 0.125. The van der Waals surface area contributed by atoms with E-state index in [1.54, 1.807) is 18.2 Å². The zero-order valence-corrected chi connectivity index (χ0v) is 6.88. The number of nitroso groups, excluding NO2 is 1. The van der Waals surface area contributed by atoms with Crippen LogP contribution < -0.4 is 0 Å². The highest BCUT2D eigenvalue weighted by Crippen LogP contribution is 2.17. The predicted octanol–water partition coefficient (Wildman–Crippen LogP) is 2.48. The Morgan fingerprint density at radius 1 is 1.58 bits per heavy atom. The van der Waals surface area contributed by atoms with Crippen molar-refractivity contribution in [1.29, 1.82) is 5.26 Å². The van der Waals surface area contributed by atoms with E-state index >= 15 is 0 Å². The van der Waals surface area contributed by atoms with Crippen LogP contribution in [-0.4, -0.2) is 0 Å². The molecule has 0 atom stereocenters. The fourth-order valence-electron chi connectivity index (χ4n) is 0.835. The van der Waals surface area contributed by atoms with Crippen LogP contribution in [0.1, 0.15) is 11.1 Å². The molecule has 0 fully saturated rings. The van der Waals surface area contributed by atoms with E-state index in [4.69, 9.17) is 16.9 Å². The number of rotatable bonds is 2. The van der Waals surface area contributed by atoms with Crippen LogP contribution in [0, 0.1) is 16.2 Å². The predicted molar refractivity (Wildman–Crippen MR) is 45.7 cm³/mol. The van der Waals surface area contributed by atoms with Crippen LogP contribution in [0.25, 0.3) is 0 Å². The van der Waals surface area contributed by atoms with Crippen molar-refractivity contribution in [3.8, 4) is 6.07 Å². The monoisotopic (exact) mass is 180 g/mol. The summed E-state index contributed by atoms with van der Waals surface area (Å²) in [6, 6.07) is 6.69.